The van der Waals surface area contributed by atoms with Crippen molar-refractivity contribution in [1.29, 1.82) is 0 Å². The van der Waals surface area contributed by atoms with E-state index in [-0.39, 0.29) is 11.3 Å². The summed E-state index contributed by atoms with van der Waals surface area (Å²) in [5.74, 6) is -0.434. The van der Waals surface area contributed by atoms with Gasteiger partial charge in [0.1, 0.15) is 5.56 Å². The van der Waals surface area contributed by atoms with Gasteiger partial charge in [0.2, 0.25) is 0 Å². The molecule has 1 heterocycles. The van der Waals surface area contributed by atoms with E-state index >= 15 is 0 Å². The summed E-state index contributed by atoms with van der Waals surface area (Å²) in [7, 11) is 0. The summed E-state index contributed by atoms with van der Waals surface area (Å²) in [5.41, 5.74) is 2.08. The van der Waals surface area contributed by atoms with Crippen LogP contribution in [0.15, 0.2) is 47.4 Å². The fourth-order valence-electron chi connectivity index (χ4n) is 3.06. The normalized spacial score (nSPS) is 13.7. The van der Waals surface area contributed by atoms with Gasteiger partial charge >= 0.3 is 0 Å². The van der Waals surface area contributed by atoms with Gasteiger partial charge < -0.3 is 10.2 Å². The van der Waals surface area contributed by atoms with Crippen molar-refractivity contribution in [3.05, 3.63) is 63.7 Å². The van der Waals surface area contributed by atoms with Crippen LogP contribution in [0.2, 0.25) is 0 Å². The molecule has 0 atom stereocenters. The third-order valence-electron chi connectivity index (χ3n) is 4.51. The first-order valence-corrected chi connectivity index (χ1v) is 9.75. The molecule has 0 aromatic heterocycles. The Labute approximate surface area is 156 Å². The van der Waals surface area contributed by atoms with Crippen LogP contribution in [0.25, 0.3) is 0 Å². The number of amides is 1. The van der Waals surface area contributed by atoms with Crippen molar-refractivity contribution in [3.63, 3.8) is 0 Å². The smallest absolute Gasteiger partial charge is 0.282 e. The van der Waals surface area contributed by atoms with Gasteiger partial charge in [0.05, 0.1) is 4.92 Å². The minimum atomic E-state index is -0.524. The van der Waals surface area contributed by atoms with Crippen molar-refractivity contribution in [1.82, 2.24) is 5.32 Å². The molecule has 1 amide bonds. The first-order chi connectivity index (χ1) is 12.6. The molecule has 6 nitrogen and oxygen atoms in total. The predicted octanol–water partition coefficient (Wildman–Crippen LogP) is 3.85. The molecule has 3 rings (SSSR count). The Bertz CT molecular complexity index is 802. The number of nitrogens with zero attached hydrogens (tertiary/aromatic N) is 2. The highest BCUT2D eigenvalue weighted by Crippen LogP contribution is 2.25. The number of rotatable bonds is 6. The van der Waals surface area contributed by atoms with Crippen LogP contribution >= 0.6 is 11.8 Å². The number of carbonyl (C=O) groups is 1. The molecule has 0 radical (unpaired) electrons. The largest absolute Gasteiger partial charge is 0.372 e. The third-order valence-corrected chi connectivity index (χ3v) is 5.23. The fourth-order valence-corrected chi connectivity index (χ4v) is 3.50. The lowest BCUT2D eigenvalue weighted by Crippen LogP contribution is -2.24. The average Bonchev–Trinajstić information content (AvgIpc) is 3.20. The van der Waals surface area contributed by atoms with Crippen LogP contribution in [0.3, 0.4) is 0 Å². The van der Waals surface area contributed by atoms with E-state index < -0.39 is 10.8 Å². The van der Waals surface area contributed by atoms with E-state index in [1.54, 1.807) is 12.1 Å². The molecule has 2 aromatic carbocycles. The number of hydrogen-bond acceptors (Lipinski definition) is 5. The van der Waals surface area contributed by atoms with Gasteiger partial charge in [0.15, 0.2) is 0 Å². The van der Waals surface area contributed by atoms with Gasteiger partial charge in [-0.1, -0.05) is 12.1 Å². The van der Waals surface area contributed by atoms with E-state index in [4.69, 9.17) is 0 Å². The minimum absolute atomic E-state index is 0.0931. The van der Waals surface area contributed by atoms with Crippen LogP contribution in [0.1, 0.15) is 28.8 Å². The summed E-state index contributed by atoms with van der Waals surface area (Å²) < 4.78 is 0. The molecule has 26 heavy (non-hydrogen) atoms. The van der Waals surface area contributed by atoms with Gasteiger partial charge in [-0.25, -0.2) is 0 Å². The molecule has 1 aliphatic heterocycles. The number of thioether (sulfide) groups is 1. The molecule has 0 spiro atoms. The fraction of sp³-hybridized carbons (Fsp3) is 0.316. The Morgan fingerprint density at radius 1 is 1.19 bits per heavy atom. The Morgan fingerprint density at radius 2 is 1.88 bits per heavy atom. The Morgan fingerprint density at radius 3 is 2.50 bits per heavy atom. The quantitative estimate of drug-likeness (QED) is 0.474. The van der Waals surface area contributed by atoms with Gasteiger partial charge in [-0.3, -0.25) is 14.9 Å². The molecule has 1 saturated heterocycles. The van der Waals surface area contributed by atoms with E-state index in [0.29, 0.717) is 6.54 Å². The summed E-state index contributed by atoms with van der Waals surface area (Å²) in [5, 5.41) is 14.0. The number of nitro groups is 1. The van der Waals surface area contributed by atoms with Crippen LogP contribution < -0.4 is 10.2 Å². The van der Waals surface area contributed by atoms with Crippen LogP contribution in [0.4, 0.5) is 11.4 Å². The monoisotopic (exact) mass is 371 g/mol. The lowest BCUT2D eigenvalue weighted by atomic mass is 10.1. The minimum Gasteiger partial charge on any atom is -0.372 e. The summed E-state index contributed by atoms with van der Waals surface area (Å²) >= 11 is 1.44. The molecule has 0 saturated carbocycles. The molecular formula is C19H21N3O3S. The topological polar surface area (TPSA) is 75.5 Å². The van der Waals surface area contributed by atoms with Gasteiger partial charge in [-0.05, 0) is 48.9 Å². The standard InChI is InChI=1S/C19H21N3O3S/c1-26-16-8-9-18(22(24)25)17(12-16)19(23)20-13-14-4-6-15(7-5-14)21-10-2-3-11-21/h4-9,12H,2-3,10-11,13H2,1H3,(H,20,23). The molecule has 7 heteroatoms. The molecule has 0 bridgehead atoms. The lowest BCUT2D eigenvalue weighted by molar-refractivity contribution is -0.385. The Balaban J connectivity index is 1.67. The average molecular weight is 371 g/mol. The number of anilines is 1. The van der Waals surface area contributed by atoms with Crippen LogP contribution in [-0.2, 0) is 6.54 Å². The molecule has 136 valence electrons. The second-order valence-corrected chi connectivity index (χ2v) is 7.06. The number of nitro benzene ring substituents is 1. The molecular weight excluding hydrogens is 350 g/mol. The lowest BCUT2D eigenvalue weighted by Gasteiger charge is -2.17. The summed E-state index contributed by atoms with van der Waals surface area (Å²) in [6, 6.07) is 12.7. The van der Waals surface area contributed by atoms with Crippen LogP contribution in [0, 0.1) is 10.1 Å². The number of carbonyl (C=O) groups excluding carboxylic acids is 1. The molecule has 1 aliphatic rings. The second kappa shape index (κ2) is 8.23. The van der Waals surface area contributed by atoms with Crippen molar-refractivity contribution < 1.29 is 9.72 Å². The van der Waals surface area contributed by atoms with Crippen molar-refractivity contribution in [2.75, 3.05) is 24.2 Å². The maximum Gasteiger partial charge on any atom is 0.282 e. The molecule has 0 unspecified atom stereocenters. The highest BCUT2D eigenvalue weighted by atomic mass is 32.2. The summed E-state index contributed by atoms with van der Waals surface area (Å²) in [4.78, 5) is 26.3. The van der Waals surface area contributed by atoms with Crippen molar-refractivity contribution in [2.24, 2.45) is 0 Å². The second-order valence-electron chi connectivity index (χ2n) is 6.18. The highest BCUT2D eigenvalue weighted by molar-refractivity contribution is 7.98. The maximum absolute atomic E-state index is 12.5. The summed E-state index contributed by atoms with van der Waals surface area (Å²) in [6.07, 6.45) is 4.32. The summed E-state index contributed by atoms with van der Waals surface area (Å²) in [6.45, 7) is 2.51. The van der Waals surface area contributed by atoms with Gasteiger partial charge in [-0.15, -0.1) is 11.8 Å². The first kappa shape index (κ1) is 18.3. The number of nitrogens with one attached hydrogen (secondary N) is 1. The zero-order chi connectivity index (χ0) is 18.5. The van der Waals surface area contributed by atoms with E-state index in [9.17, 15) is 14.9 Å². The number of hydrogen-bond donors (Lipinski definition) is 1. The van der Waals surface area contributed by atoms with Crippen molar-refractivity contribution in [2.45, 2.75) is 24.3 Å². The molecule has 0 aliphatic carbocycles. The zero-order valence-electron chi connectivity index (χ0n) is 14.6. The van der Waals surface area contributed by atoms with E-state index in [1.165, 1.54) is 36.4 Å². The van der Waals surface area contributed by atoms with Crippen LogP contribution in [0.5, 0.6) is 0 Å². The molecule has 1 N–H and O–H groups in total. The van der Waals surface area contributed by atoms with Gasteiger partial charge in [0, 0.05) is 36.3 Å². The van der Waals surface area contributed by atoms with Crippen molar-refractivity contribution in [3.8, 4) is 0 Å². The van der Waals surface area contributed by atoms with Crippen LogP contribution in [-0.4, -0.2) is 30.2 Å². The Kier molecular flexibility index (Phi) is 5.78. The predicted molar refractivity (Wildman–Crippen MR) is 104 cm³/mol. The van der Waals surface area contributed by atoms with Gasteiger partial charge in [0.25, 0.3) is 11.6 Å². The Hall–Kier alpha value is -2.54. The van der Waals surface area contributed by atoms with Crippen molar-refractivity contribution >= 4 is 29.0 Å². The van der Waals surface area contributed by atoms with E-state index in [1.807, 2.05) is 18.4 Å². The first-order valence-electron chi connectivity index (χ1n) is 8.53. The van der Waals surface area contributed by atoms with E-state index in [2.05, 4.69) is 22.3 Å². The molecule has 1 fully saturated rings. The van der Waals surface area contributed by atoms with E-state index in [0.717, 1.165) is 23.5 Å². The highest BCUT2D eigenvalue weighted by Gasteiger charge is 2.20. The maximum atomic E-state index is 12.5. The third kappa shape index (κ3) is 4.16. The number of benzene rings is 2. The van der Waals surface area contributed by atoms with Gasteiger partial charge in [-0.2, -0.15) is 0 Å². The zero-order valence-corrected chi connectivity index (χ0v) is 15.4. The molecule has 2 aromatic rings. The SMILES string of the molecule is CSc1ccc([N+](=O)[O-])c(C(=O)NCc2ccc(N3CCCC3)cc2)c1.